The third-order valence-corrected chi connectivity index (χ3v) is 3.75. The van der Waals surface area contributed by atoms with Crippen LogP contribution >= 0.6 is 11.6 Å². The molecule has 1 atom stereocenters. The van der Waals surface area contributed by atoms with Crippen LogP contribution in [0.1, 0.15) is 23.7 Å². The van der Waals surface area contributed by atoms with Crippen molar-refractivity contribution < 1.29 is 9.32 Å². The van der Waals surface area contributed by atoms with E-state index in [1.54, 1.807) is 11.0 Å². The first-order chi connectivity index (χ1) is 9.15. The van der Waals surface area contributed by atoms with Gasteiger partial charge in [-0.15, -0.1) is 0 Å². The zero-order valence-electron chi connectivity index (χ0n) is 10.3. The van der Waals surface area contributed by atoms with Crippen molar-refractivity contribution in [3.05, 3.63) is 41.0 Å². The number of anilines is 1. The van der Waals surface area contributed by atoms with E-state index in [2.05, 4.69) is 10.1 Å². The molecular formula is C13H12ClN3O2. The molecule has 3 rings (SSSR count). The molecule has 1 amide bonds. The molecule has 1 aromatic carbocycles. The van der Waals surface area contributed by atoms with Crippen molar-refractivity contribution in [1.82, 2.24) is 10.1 Å². The Labute approximate surface area is 115 Å². The average Bonchev–Trinajstić information content (AvgIpc) is 3.01. The summed E-state index contributed by atoms with van der Waals surface area (Å²) in [6.45, 7) is 2.49. The van der Waals surface area contributed by atoms with Crippen LogP contribution in [0.15, 0.2) is 29.1 Å². The molecule has 1 aromatic heterocycles. The van der Waals surface area contributed by atoms with E-state index in [0.717, 1.165) is 11.3 Å². The number of amides is 1. The lowest BCUT2D eigenvalue weighted by atomic mass is 10.1. The maximum Gasteiger partial charge on any atom is 0.227 e. The summed E-state index contributed by atoms with van der Waals surface area (Å²) in [6, 6.07) is 5.58. The quantitative estimate of drug-likeness (QED) is 0.846. The van der Waals surface area contributed by atoms with Gasteiger partial charge in [0.1, 0.15) is 0 Å². The Morgan fingerprint density at radius 3 is 3.00 bits per heavy atom. The number of halogens is 1. The Kier molecular flexibility index (Phi) is 2.98. The zero-order chi connectivity index (χ0) is 13.4. The first kappa shape index (κ1) is 12.2. The summed E-state index contributed by atoms with van der Waals surface area (Å²) in [7, 11) is 0. The summed E-state index contributed by atoms with van der Waals surface area (Å²) in [5, 5.41) is 4.51. The van der Waals surface area contributed by atoms with Gasteiger partial charge < -0.3 is 9.42 Å². The van der Waals surface area contributed by atoms with Gasteiger partial charge in [-0.1, -0.05) is 16.8 Å². The van der Waals surface area contributed by atoms with Gasteiger partial charge in [-0.3, -0.25) is 4.79 Å². The molecule has 2 heterocycles. The molecule has 0 N–H and O–H groups in total. The summed E-state index contributed by atoms with van der Waals surface area (Å²) in [4.78, 5) is 17.8. The van der Waals surface area contributed by atoms with Gasteiger partial charge in [0.15, 0.2) is 5.82 Å². The molecule has 2 aromatic rings. The van der Waals surface area contributed by atoms with Crippen LogP contribution < -0.4 is 4.90 Å². The van der Waals surface area contributed by atoms with Gasteiger partial charge >= 0.3 is 0 Å². The van der Waals surface area contributed by atoms with E-state index < -0.39 is 0 Å². The van der Waals surface area contributed by atoms with Crippen LogP contribution in [-0.4, -0.2) is 22.6 Å². The highest BCUT2D eigenvalue weighted by molar-refractivity contribution is 6.31. The number of hydrogen-bond acceptors (Lipinski definition) is 4. The molecule has 1 aliphatic heterocycles. The van der Waals surface area contributed by atoms with Crippen molar-refractivity contribution >= 4 is 23.2 Å². The van der Waals surface area contributed by atoms with E-state index >= 15 is 0 Å². The van der Waals surface area contributed by atoms with E-state index in [9.17, 15) is 4.79 Å². The Balaban J connectivity index is 1.86. The number of carbonyl (C=O) groups excluding carboxylic acids is 1. The van der Waals surface area contributed by atoms with Gasteiger partial charge in [0.05, 0.1) is 0 Å². The third kappa shape index (κ3) is 2.21. The minimum atomic E-state index is -0.0118. The Morgan fingerprint density at radius 1 is 1.47 bits per heavy atom. The Hall–Kier alpha value is -1.88. The van der Waals surface area contributed by atoms with Crippen LogP contribution in [0.5, 0.6) is 0 Å². The van der Waals surface area contributed by atoms with Crippen LogP contribution in [0.2, 0.25) is 5.02 Å². The predicted molar refractivity (Wildman–Crippen MR) is 70.2 cm³/mol. The first-order valence-corrected chi connectivity index (χ1v) is 6.35. The van der Waals surface area contributed by atoms with Crippen LogP contribution in [0.4, 0.5) is 5.69 Å². The van der Waals surface area contributed by atoms with E-state index in [1.165, 1.54) is 6.39 Å². The number of benzene rings is 1. The summed E-state index contributed by atoms with van der Waals surface area (Å²) < 4.78 is 4.73. The maximum absolute atomic E-state index is 12.1. The number of nitrogens with zero attached hydrogens (tertiary/aromatic N) is 3. The van der Waals surface area contributed by atoms with Crippen molar-refractivity contribution in [2.75, 3.05) is 11.4 Å². The molecular weight excluding hydrogens is 266 g/mol. The fourth-order valence-electron chi connectivity index (χ4n) is 2.29. The normalized spacial score (nSPS) is 19.2. The second-order valence-corrected chi connectivity index (χ2v) is 5.04. The number of aromatic nitrogens is 2. The lowest BCUT2D eigenvalue weighted by molar-refractivity contribution is -0.117. The molecule has 0 aliphatic carbocycles. The highest BCUT2D eigenvalue weighted by Crippen LogP contribution is 2.31. The molecule has 0 spiro atoms. The molecule has 0 saturated carbocycles. The Bertz CT molecular complexity index is 612. The highest BCUT2D eigenvalue weighted by atomic mass is 35.5. The average molecular weight is 278 g/mol. The molecule has 19 heavy (non-hydrogen) atoms. The topological polar surface area (TPSA) is 59.2 Å². The van der Waals surface area contributed by atoms with Crippen molar-refractivity contribution in [3.8, 4) is 0 Å². The fourth-order valence-corrected chi connectivity index (χ4v) is 2.40. The molecule has 5 nitrogen and oxygen atoms in total. The van der Waals surface area contributed by atoms with Crippen molar-refractivity contribution in [3.63, 3.8) is 0 Å². The lowest BCUT2D eigenvalue weighted by Gasteiger charge is -2.17. The van der Waals surface area contributed by atoms with Gasteiger partial charge in [-0.05, 0) is 30.7 Å². The van der Waals surface area contributed by atoms with Crippen molar-refractivity contribution in [2.24, 2.45) is 0 Å². The molecule has 1 unspecified atom stereocenters. The van der Waals surface area contributed by atoms with Gasteiger partial charge in [-0.25, -0.2) is 0 Å². The zero-order valence-corrected chi connectivity index (χ0v) is 11.1. The molecule has 1 fully saturated rings. The molecule has 1 aliphatic rings. The van der Waals surface area contributed by atoms with E-state index in [0.29, 0.717) is 23.8 Å². The van der Waals surface area contributed by atoms with Gasteiger partial charge in [-0.2, -0.15) is 4.98 Å². The summed E-state index contributed by atoms with van der Waals surface area (Å²) in [5.41, 5.74) is 1.81. The summed E-state index contributed by atoms with van der Waals surface area (Å²) in [6.07, 6.45) is 1.69. The second kappa shape index (κ2) is 4.66. The number of hydrogen-bond donors (Lipinski definition) is 0. The molecule has 6 heteroatoms. The van der Waals surface area contributed by atoms with Crippen LogP contribution in [0.25, 0.3) is 0 Å². The van der Waals surface area contributed by atoms with Gasteiger partial charge in [0.2, 0.25) is 12.3 Å². The second-order valence-electron chi connectivity index (χ2n) is 4.63. The first-order valence-electron chi connectivity index (χ1n) is 5.98. The highest BCUT2D eigenvalue weighted by Gasteiger charge is 2.34. The standard InChI is InChI=1S/C13H12ClN3O2/c1-8-4-10(2-3-11(8)14)17-6-9(5-12(17)18)13-15-7-19-16-13/h2-4,7,9H,5-6H2,1H3. The molecule has 0 bridgehead atoms. The van der Waals surface area contributed by atoms with Crippen LogP contribution in [0, 0.1) is 6.92 Å². The SMILES string of the molecule is Cc1cc(N2CC(c3ncon3)CC2=O)ccc1Cl. The molecule has 98 valence electrons. The largest absolute Gasteiger partial charge is 0.343 e. The fraction of sp³-hybridized carbons (Fsp3) is 0.308. The van der Waals surface area contributed by atoms with Gasteiger partial charge in [0, 0.05) is 29.6 Å². The summed E-state index contributed by atoms with van der Waals surface area (Å²) >= 11 is 6.00. The Morgan fingerprint density at radius 2 is 2.32 bits per heavy atom. The van der Waals surface area contributed by atoms with Crippen LogP contribution in [-0.2, 0) is 4.79 Å². The summed E-state index contributed by atoms with van der Waals surface area (Å²) in [5.74, 6) is 0.639. The number of rotatable bonds is 2. The predicted octanol–water partition coefficient (Wildman–Crippen LogP) is 2.55. The minimum absolute atomic E-state index is 0.0118. The third-order valence-electron chi connectivity index (χ3n) is 3.32. The van der Waals surface area contributed by atoms with E-state index in [4.69, 9.17) is 16.1 Å². The van der Waals surface area contributed by atoms with Crippen molar-refractivity contribution in [1.29, 1.82) is 0 Å². The monoisotopic (exact) mass is 277 g/mol. The van der Waals surface area contributed by atoms with Crippen LogP contribution in [0.3, 0.4) is 0 Å². The van der Waals surface area contributed by atoms with Crippen molar-refractivity contribution in [2.45, 2.75) is 19.3 Å². The van der Waals surface area contributed by atoms with Gasteiger partial charge in [0.25, 0.3) is 0 Å². The number of aryl methyl sites for hydroxylation is 1. The molecule has 0 radical (unpaired) electrons. The maximum atomic E-state index is 12.1. The van der Waals surface area contributed by atoms with E-state index in [-0.39, 0.29) is 11.8 Å². The molecule has 1 saturated heterocycles. The smallest absolute Gasteiger partial charge is 0.227 e. The minimum Gasteiger partial charge on any atom is -0.343 e. The lowest BCUT2D eigenvalue weighted by Crippen LogP contribution is -2.24. The number of carbonyl (C=O) groups is 1. The van der Waals surface area contributed by atoms with E-state index in [1.807, 2.05) is 19.1 Å².